The van der Waals surface area contributed by atoms with Crippen LogP contribution in [0.15, 0.2) is 181 Å². The van der Waals surface area contributed by atoms with Gasteiger partial charge >= 0.3 is 0 Å². The Balaban J connectivity index is 1.08. The molecule has 0 spiro atoms. The summed E-state index contributed by atoms with van der Waals surface area (Å²) >= 11 is 0. The van der Waals surface area contributed by atoms with Crippen LogP contribution in [-0.4, -0.2) is 12.8 Å². The number of hydrogen-bond acceptors (Lipinski definition) is 3. The van der Waals surface area contributed by atoms with Gasteiger partial charge in [-0.3, -0.25) is 0 Å². The van der Waals surface area contributed by atoms with Crippen molar-refractivity contribution in [1.82, 2.24) is 0 Å². The maximum Gasteiger partial charge on any atom is 0.252 e. The smallest absolute Gasteiger partial charge is 0.252 e. The molecule has 0 bridgehead atoms. The quantitative estimate of drug-likeness (QED) is 0.154. The summed E-state index contributed by atoms with van der Waals surface area (Å²) in [6.07, 6.45) is 23.6. The van der Waals surface area contributed by atoms with E-state index in [-0.39, 0.29) is 39.8 Å². The van der Waals surface area contributed by atoms with Gasteiger partial charge in [-0.05, 0) is 186 Å². The van der Waals surface area contributed by atoms with E-state index < -0.39 is 0 Å². The second kappa shape index (κ2) is 17.6. The molecular weight excluding hydrogens is 942 g/mol. The van der Waals surface area contributed by atoms with Crippen LogP contribution in [0, 0.1) is 17.3 Å². The molecule has 0 saturated heterocycles. The summed E-state index contributed by atoms with van der Waals surface area (Å²) in [7, 11) is 0. The first kappa shape index (κ1) is 50.7. The predicted molar refractivity (Wildman–Crippen MR) is 337 cm³/mol. The van der Waals surface area contributed by atoms with Crippen molar-refractivity contribution in [2.45, 2.75) is 150 Å². The highest BCUT2D eigenvalue weighted by molar-refractivity contribution is 7.00. The number of rotatable bonds is 6. The fraction of sp³-hybridized carbons (Fsp3) is 0.351. The largest absolute Gasteiger partial charge is 0.335 e. The molecular formula is C74H80BN3. The molecule has 3 nitrogen and oxygen atoms in total. The molecule has 78 heavy (non-hydrogen) atoms. The number of benzene rings is 6. The van der Waals surface area contributed by atoms with Crippen molar-refractivity contribution in [1.29, 1.82) is 0 Å². The van der Waals surface area contributed by atoms with E-state index in [2.05, 4.69) is 276 Å². The third-order valence-electron chi connectivity index (χ3n) is 18.7. The van der Waals surface area contributed by atoms with Gasteiger partial charge in [-0.25, -0.2) is 0 Å². The maximum absolute atomic E-state index is 2.78. The monoisotopic (exact) mass is 1020 g/mol. The zero-order valence-corrected chi connectivity index (χ0v) is 49.1. The molecule has 1 saturated carbocycles. The van der Waals surface area contributed by atoms with Crippen LogP contribution in [0.5, 0.6) is 0 Å². The first-order valence-electron chi connectivity index (χ1n) is 29.4. The van der Waals surface area contributed by atoms with Crippen molar-refractivity contribution < 1.29 is 0 Å². The molecule has 1 fully saturated rings. The predicted octanol–water partition coefficient (Wildman–Crippen LogP) is 17.9. The van der Waals surface area contributed by atoms with Crippen LogP contribution >= 0.6 is 0 Å². The molecule has 3 atom stereocenters. The van der Waals surface area contributed by atoms with Gasteiger partial charge in [-0.15, -0.1) is 0 Å². The third kappa shape index (κ3) is 8.20. The van der Waals surface area contributed by atoms with Crippen molar-refractivity contribution in [2.75, 3.05) is 14.7 Å². The maximum atomic E-state index is 2.78. The lowest BCUT2D eigenvalue weighted by molar-refractivity contribution is 0.510. The molecule has 0 N–H and O–H groups in total. The molecule has 7 aliphatic rings. The normalized spacial score (nSPS) is 20.6. The number of fused-ring (bicyclic) bond motifs is 8. The van der Waals surface area contributed by atoms with E-state index >= 15 is 0 Å². The van der Waals surface area contributed by atoms with E-state index in [0.29, 0.717) is 11.8 Å². The summed E-state index contributed by atoms with van der Waals surface area (Å²) < 4.78 is 0. The topological polar surface area (TPSA) is 9.72 Å². The molecule has 0 aromatic heterocycles. The zero-order valence-electron chi connectivity index (χ0n) is 49.1. The summed E-state index contributed by atoms with van der Waals surface area (Å²) in [5.74, 6) is 1.37. The van der Waals surface area contributed by atoms with Gasteiger partial charge in [-0.2, -0.15) is 0 Å². The number of hydrogen-bond donors (Lipinski definition) is 0. The van der Waals surface area contributed by atoms with Gasteiger partial charge in [-0.1, -0.05) is 200 Å². The highest BCUT2D eigenvalue weighted by Gasteiger charge is 2.50. The Bertz CT molecular complexity index is 3670. The molecule has 5 aliphatic carbocycles. The molecule has 6 aromatic rings. The fourth-order valence-corrected chi connectivity index (χ4v) is 14.1. The van der Waals surface area contributed by atoms with Gasteiger partial charge in [0.2, 0.25) is 0 Å². The standard InChI is InChI=1S/C74H80BN3/c1-70(2,3)48-26-30-53(31-27-48)77-65-45-55(76(52-23-19-16-20-24-52)63-37-28-49(71(4,5)6)40-57(63)46-21-17-15-18-22-46)33-36-61(65)75-62-41-50(72(7,8)9)29-38-64(62)78(67-43-51(73(10,11)12)42-66(77)69(67)75)54-32-34-56-60(44-54)74(13,14)59-35-25-47-39-58(47)68(56)59/h15-19,21-23,25-30,32-38,40-45,47,53,58H,20,24,31,39H2,1-14H3. The van der Waals surface area contributed by atoms with Gasteiger partial charge in [0.15, 0.2) is 0 Å². The summed E-state index contributed by atoms with van der Waals surface area (Å²) in [5.41, 5.74) is 28.1. The molecule has 2 heterocycles. The Kier molecular flexibility index (Phi) is 11.5. The Morgan fingerprint density at radius 3 is 2.04 bits per heavy atom. The average molecular weight is 1020 g/mol. The zero-order chi connectivity index (χ0) is 54.6. The molecule has 13 rings (SSSR count). The molecule has 394 valence electrons. The van der Waals surface area contributed by atoms with Crippen LogP contribution < -0.4 is 31.1 Å². The van der Waals surface area contributed by atoms with Crippen molar-refractivity contribution in [3.8, 4) is 11.1 Å². The van der Waals surface area contributed by atoms with E-state index in [9.17, 15) is 0 Å². The van der Waals surface area contributed by atoms with E-state index in [4.69, 9.17) is 0 Å². The van der Waals surface area contributed by atoms with Crippen molar-refractivity contribution >= 4 is 68.5 Å². The lowest BCUT2D eigenvalue weighted by Gasteiger charge is -2.47. The lowest BCUT2D eigenvalue weighted by Crippen LogP contribution is -2.63. The Hall–Kier alpha value is -6.78. The lowest BCUT2D eigenvalue weighted by atomic mass is 9.33. The Morgan fingerprint density at radius 1 is 0.615 bits per heavy atom. The van der Waals surface area contributed by atoms with E-state index in [0.717, 1.165) is 19.3 Å². The summed E-state index contributed by atoms with van der Waals surface area (Å²) in [4.78, 5) is 8.06. The molecule has 6 aromatic carbocycles. The van der Waals surface area contributed by atoms with Gasteiger partial charge in [0, 0.05) is 50.8 Å². The van der Waals surface area contributed by atoms with Crippen LogP contribution in [0.3, 0.4) is 0 Å². The van der Waals surface area contributed by atoms with Crippen LogP contribution in [0.25, 0.3) is 16.7 Å². The minimum atomic E-state index is -0.126. The highest BCUT2D eigenvalue weighted by atomic mass is 15.2. The van der Waals surface area contributed by atoms with Crippen LogP contribution in [0.4, 0.5) is 39.8 Å². The summed E-state index contributed by atoms with van der Waals surface area (Å²) in [6, 6.07) is 46.2. The summed E-state index contributed by atoms with van der Waals surface area (Å²) in [5, 5.41) is 0. The van der Waals surface area contributed by atoms with Crippen molar-refractivity contribution in [3.05, 3.63) is 209 Å². The van der Waals surface area contributed by atoms with Gasteiger partial charge in [0.25, 0.3) is 6.71 Å². The van der Waals surface area contributed by atoms with Gasteiger partial charge in [0.1, 0.15) is 0 Å². The fourth-order valence-electron chi connectivity index (χ4n) is 14.1. The third-order valence-corrected chi connectivity index (χ3v) is 18.7. The minimum Gasteiger partial charge on any atom is -0.335 e. The van der Waals surface area contributed by atoms with E-state index in [1.54, 1.807) is 5.57 Å². The second-order valence-corrected chi connectivity index (χ2v) is 28.5. The van der Waals surface area contributed by atoms with E-state index in [1.165, 1.54) is 118 Å². The van der Waals surface area contributed by atoms with Gasteiger partial charge < -0.3 is 14.7 Å². The van der Waals surface area contributed by atoms with Crippen molar-refractivity contribution in [2.24, 2.45) is 17.3 Å². The Morgan fingerprint density at radius 2 is 1.35 bits per heavy atom. The molecule has 0 amide bonds. The van der Waals surface area contributed by atoms with Crippen LogP contribution in [0.1, 0.15) is 150 Å². The SMILES string of the molecule is CC(C)(C)C1=CCC(N2c3cc(N(C4=CC=CCC4)c4ccc(C(C)(C)C)cc4-c4ccccc4)ccc3B3c4cc(C(C)(C)C)ccc4N(c4ccc5c(c4)C(C)(C)C4=C5C5CC5C=C4)c4cc(C(C)(C)C)cc2c43)C=C1. The number of nitrogens with zero attached hydrogens (tertiary/aromatic N) is 3. The van der Waals surface area contributed by atoms with Crippen molar-refractivity contribution in [3.63, 3.8) is 0 Å². The number of anilines is 7. The highest BCUT2D eigenvalue weighted by Crippen LogP contribution is 2.61. The van der Waals surface area contributed by atoms with Gasteiger partial charge in [0.05, 0.1) is 11.7 Å². The molecule has 4 heteroatoms. The molecule has 3 unspecified atom stereocenters. The van der Waals surface area contributed by atoms with Crippen LogP contribution in [0.2, 0.25) is 0 Å². The summed E-state index contributed by atoms with van der Waals surface area (Å²) in [6.45, 7) is 33.3. The second-order valence-electron chi connectivity index (χ2n) is 28.5. The average Bonchev–Trinajstić information content (AvgIpc) is 4.09. The Labute approximate surface area is 468 Å². The molecule has 0 radical (unpaired) electrons. The number of allylic oxidation sites excluding steroid dienone is 10. The van der Waals surface area contributed by atoms with E-state index in [1.807, 2.05) is 0 Å². The molecule has 2 aliphatic heterocycles. The first-order valence-corrected chi connectivity index (χ1v) is 29.4. The first-order chi connectivity index (χ1) is 37.0. The van der Waals surface area contributed by atoms with Crippen LogP contribution in [-0.2, 0) is 21.7 Å². The minimum absolute atomic E-state index is 0.000805.